The maximum atomic E-state index is 12.4. The number of ether oxygens (including phenoxy) is 2. The molecule has 7 nitrogen and oxygen atoms in total. The molecule has 3 aromatic rings. The lowest BCUT2D eigenvalue weighted by Gasteiger charge is -2.33. The Labute approximate surface area is 196 Å². The van der Waals surface area contributed by atoms with Gasteiger partial charge in [0.25, 0.3) is 0 Å². The largest absolute Gasteiger partial charge is 0.491 e. The number of hydrogen-bond acceptors (Lipinski definition) is 5. The average molecular weight is 453 g/mol. The molecule has 1 amide bonds. The smallest absolute Gasteiger partial charge is 0.408 e. The fourth-order valence-corrected chi connectivity index (χ4v) is 4.08. The predicted molar refractivity (Wildman–Crippen MR) is 132 cm³/mol. The van der Waals surface area contributed by atoms with Gasteiger partial charge in [-0.2, -0.15) is 0 Å². The highest BCUT2D eigenvalue weighted by molar-refractivity contribution is 5.89. The third-order valence-corrected chi connectivity index (χ3v) is 5.20. The molecule has 7 heteroatoms. The van der Waals surface area contributed by atoms with Crippen LogP contribution in [0.15, 0.2) is 30.5 Å². The van der Waals surface area contributed by atoms with Crippen LogP contribution in [0.1, 0.15) is 59.4 Å². The maximum absolute atomic E-state index is 12.4. The summed E-state index contributed by atoms with van der Waals surface area (Å²) in [6, 6.07) is 8.10. The molecule has 0 saturated heterocycles. The lowest BCUT2D eigenvalue weighted by atomic mass is 9.91. The van der Waals surface area contributed by atoms with Crippen molar-refractivity contribution in [3.8, 4) is 16.9 Å². The molecule has 0 spiro atoms. The van der Waals surface area contributed by atoms with Crippen LogP contribution >= 0.6 is 0 Å². The standard InChI is InChI=1S/C26H36N4O3/c1-16(2)14-26(8,30-24(31)33-25(5,6)7)15-32-21-10-9-19(13-17(21)3)20-11-12-27-23-22(20)28-18(4)29-23/h9-13,16H,14-15H2,1-8H3,(H,30,31)(H,27,28,29)/t26-/m0/s1. The minimum absolute atomic E-state index is 0.337. The number of nitrogens with one attached hydrogen (secondary N) is 2. The number of fused-ring (bicyclic) bond motifs is 1. The van der Waals surface area contributed by atoms with Crippen molar-refractivity contribution in [2.45, 2.75) is 73.0 Å². The molecular formula is C26H36N4O3. The average Bonchev–Trinajstić information content (AvgIpc) is 3.04. The molecule has 0 fully saturated rings. The number of carbonyl (C=O) groups is 1. The summed E-state index contributed by atoms with van der Waals surface area (Å²) < 4.78 is 11.7. The van der Waals surface area contributed by atoms with Gasteiger partial charge in [-0.15, -0.1) is 0 Å². The van der Waals surface area contributed by atoms with E-state index in [-0.39, 0.29) is 0 Å². The predicted octanol–water partition coefficient (Wildman–Crippen LogP) is 5.95. The van der Waals surface area contributed by atoms with Crippen LogP contribution in [-0.2, 0) is 4.74 Å². The Morgan fingerprint density at radius 3 is 2.52 bits per heavy atom. The number of aromatic nitrogens is 3. The minimum atomic E-state index is -0.563. The number of aryl methyl sites for hydroxylation is 2. The third kappa shape index (κ3) is 6.46. The number of amides is 1. The number of pyridine rings is 1. The van der Waals surface area contributed by atoms with E-state index < -0.39 is 17.2 Å². The lowest BCUT2D eigenvalue weighted by Crippen LogP contribution is -2.52. The number of imidazole rings is 1. The van der Waals surface area contributed by atoms with E-state index in [0.717, 1.165) is 40.2 Å². The van der Waals surface area contributed by atoms with Gasteiger partial charge in [0.05, 0.1) is 11.1 Å². The Morgan fingerprint density at radius 1 is 1.15 bits per heavy atom. The summed E-state index contributed by atoms with van der Waals surface area (Å²) in [4.78, 5) is 24.5. The summed E-state index contributed by atoms with van der Waals surface area (Å²) in [7, 11) is 0. The van der Waals surface area contributed by atoms with Crippen molar-refractivity contribution < 1.29 is 14.3 Å². The summed E-state index contributed by atoms with van der Waals surface area (Å²) >= 11 is 0. The van der Waals surface area contributed by atoms with Crippen molar-refractivity contribution in [1.29, 1.82) is 0 Å². The van der Waals surface area contributed by atoms with Crippen LogP contribution in [0, 0.1) is 19.8 Å². The molecule has 178 valence electrons. The van der Waals surface area contributed by atoms with Crippen LogP contribution in [0.4, 0.5) is 4.79 Å². The lowest BCUT2D eigenvalue weighted by molar-refractivity contribution is 0.0408. The van der Waals surface area contributed by atoms with Crippen LogP contribution in [-0.4, -0.2) is 38.8 Å². The first-order valence-corrected chi connectivity index (χ1v) is 11.4. The molecule has 0 aliphatic carbocycles. The van der Waals surface area contributed by atoms with Crippen molar-refractivity contribution in [2.75, 3.05) is 6.61 Å². The van der Waals surface area contributed by atoms with E-state index in [1.165, 1.54) is 0 Å². The van der Waals surface area contributed by atoms with Crippen LogP contribution in [0.3, 0.4) is 0 Å². The van der Waals surface area contributed by atoms with Gasteiger partial charge in [0.1, 0.15) is 23.8 Å². The van der Waals surface area contributed by atoms with Crippen LogP contribution in [0.2, 0.25) is 0 Å². The SMILES string of the molecule is Cc1nc2nccc(-c3ccc(OC[C@](C)(CC(C)C)NC(=O)OC(C)(C)C)c(C)c3)c2[nH]1. The Kier molecular flexibility index (Phi) is 7.00. The van der Waals surface area contributed by atoms with Crippen LogP contribution < -0.4 is 10.1 Å². The fraction of sp³-hybridized carbons (Fsp3) is 0.500. The summed E-state index contributed by atoms with van der Waals surface area (Å²) in [5.74, 6) is 2.00. The second-order valence-corrected chi connectivity index (χ2v) is 10.4. The normalized spacial score (nSPS) is 13.7. The summed E-state index contributed by atoms with van der Waals surface area (Å²) in [6.45, 7) is 16.1. The second kappa shape index (κ2) is 9.41. The van der Waals surface area contributed by atoms with Crippen molar-refractivity contribution >= 4 is 17.3 Å². The van der Waals surface area contributed by atoms with E-state index in [0.29, 0.717) is 18.2 Å². The second-order valence-electron chi connectivity index (χ2n) is 10.4. The molecule has 1 atom stereocenters. The van der Waals surface area contributed by atoms with Crippen molar-refractivity contribution in [3.63, 3.8) is 0 Å². The first-order valence-electron chi connectivity index (χ1n) is 11.4. The fourth-order valence-electron chi connectivity index (χ4n) is 4.08. The Bertz CT molecular complexity index is 1130. The molecule has 0 radical (unpaired) electrons. The number of H-pyrrole nitrogens is 1. The van der Waals surface area contributed by atoms with Gasteiger partial charge in [0.15, 0.2) is 5.65 Å². The van der Waals surface area contributed by atoms with E-state index in [1.807, 2.05) is 59.7 Å². The number of benzene rings is 1. The highest BCUT2D eigenvalue weighted by Crippen LogP contribution is 2.31. The molecule has 0 saturated carbocycles. The zero-order chi connectivity index (χ0) is 24.4. The zero-order valence-corrected chi connectivity index (χ0v) is 21.0. The topological polar surface area (TPSA) is 89.1 Å². The number of aromatic amines is 1. The molecule has 3 rings (SSSR count). The van der Waals surface area contributed by atoms with Crippen molar-refractivity contribution in [1.82, 2.24) is 20.3 Å². The van der Waals surface area contributed by atoms with Crippen molar-refractivity contribution in [3.05, 3.63) is 41.9 Å². The molecule has 33 heavy (non-hydrogen) atoms. The molecule has 0 aliphatic heterocycles. The van der Waals surface area contributed by atoms with E-state index in [9.17, 15) is 4.79 Å². The van der Waals surface area contributed by atoms with Crippen LogP contribution in [0.5, 0.6) is 5.75 Å². The Balaban J connectivity index is 1.78. The zero-order valence-electron chi connectivity index (χ0n) is 21.0. The van der Waals surface area contributed by atoms with E-state index in [1.54, 1.807) is 6.20 Å². The van der Waals surface area contributed by atoms with E-state index in [2.05, 4.69) is 40.2 Å². The van der Waals surface area contributed by atoms with Gasteiger partial charge in [0, 0.05) is 11.8 Å². The van der Waals surface area contributed by atoms with Gasteiger partial charge < -0.3 is 19.8 Å². The number of rotatable bonds is 7. The van der Waals surface area contributed by atoms with Gasteiger partial charge >= 0.3 is 6.09 Å². The number of alkyl carbamates (subject to hydrolysis) is 1. The first kappa shape index (κ1) is 24.6. The molecule has 2 aromatic heterocycles. The van der Waals surface area contributed by atoms with Gasteiger partial charge in [0.2, 0.25) is 0 Å². The molecule has 0 aliphatic rings. The monoisotopic (exact) mass is 452 g/mol. The quantitative estimate of drug-likeness (QED) is 0.462. The summed E-state index contributed by atoms with van der Waals surface area (Å²) in [6.07, 6.45) is 2.10. The Morgan fingerprint density at radius 2 is 1.88 bits per heavy atom. The van der Waals surface area contributed by atoms with Gasteiger partial charge in [-0.05, 0) is 83.2 Å². The minimum Gasteiger partial charge on any atom is -0.491 e. The number of carbonyl (C=O) groups excluding carboxylic acids is 1. The van der Waals surface area contributed by atoms with Gasteiger partial charge in [-0.1, -0.05) is 19.9 Å². The molecule has 2 N–H and O–H groups in total. The van der Waals surface area contributed by atoms with Crippen molar-refractivity contribution in [2.24, 2.45) is 5.92 Å². The highest BCUT2D eigenvalue weighted by Gasteiger charge is 2.31. The van der Waals surface area contributed by atoms with E-state index in [4.69, 9.17) is 9.47 Å². The van der Waals surface area contributed by atoms with Gasteiger partial charge in [-0.3, -0.25) is 0 Å². The molecular weight excluding hydrogens is 416 g/mol. The first-order chi connectivity index (χ1) is 15.3. The van der Waals surface area contributed by atoms with E-state index >= 15 is 0 Å². The molecule has 1 aromatic carbocycles. The number of nitrogens with zero attached hydrogens (tertiary/aromatic N) is 2. The third-order valence-electron chi connectivity index (χ3n) is 5.20. The molecule has 0 unspecified atom stereocenters. The summed E-state index contributed by atoms with van der Waals surface area (Å²) in [5, 5.41) is 3.03. The summed E-state index contributed by atoms with van der Waals surface area (Å²) in [5.41, 5.74) is 3.64. The highest BCUT2D eigenvalue weighted by atomic mass is 16.6. The molecule has 2 heterocycles. The van der Waals surface area contributed by atoms with Gasteiger partial charge in [-0.25, -0.2) is 14.8 Å². The molecule has 0 bridgehead atoms. The maximum Gasteiger partial charge on any atom is 0.408 e. The van der Waals surface area contributed by atoms with Crippen LogP contribution in [0.25, 0.3) is 22.3 Å². The Hall–Kier alpha value is -3.09. The number of hydrogen-bond donors (Lipinski definition) is 2.